The van der Waals surface area contributed by atoms with Crippen LogP contribution in [0.5, 0.6) is 0 Å². The van der Waals surface area contributed by atoms with Crippen LogP contribution in [0.3, 0.4) is 0 Å². The second-order valence-corrected chi connectivity index (χ2v) is 4.04. The summed E-state index contributed by atoms with van der Waals surface area (Å²) in [6, 6.07) is 7.26. The smallest absolute Gasteiger partial charge is 0.330 e. The molecule has 2 rings (SSSR count). The Morgan fingerprint density at radius 2 is 2.20 bits per heavy atom. The van der Waals surface area contributed by atoms with E-state index in [1.54, 1.807) is 24.5 Å². The number of carbonyl (C=O) groups excluding carboxylic acids is 2. The van der Waals surface area contributed by atoms with E-state index in [9.17, 15) is 9.59 Å². The molecule has 0 bridgehead atoms. The van der Waals surface area contributed by atoms with E-state index in [0.717, 1.165) is 10.8 Å². The zero-order valence-corrected chi connectivity index (χ0v) is 11.0. The largest absolute Gasteiger partial charge is 0.466 e. The number of carbonyl (C=O) groups is 2. The van der Waals surface area contributed by atoms with Crippen molar-refractivity contribution in [3.8, 4) is 0 Å². The Balaban J connectivity index is 2.08. The summed E-state index contributed by atoms with van der Waals surface area (Å²) < 4.78 is 4.45. The van der Waals surface area contributed by atoms with E-state index in [4.69, 9.17) is 0 Å². The minimum atomic E-state index is -0.449. The Morgan fingerprint density at radius 1 is 1.35 bits per heavy atom. The van der Waals surface area contributed by atoms with Crippen molar-refractivity contribution in [2.24, 2.45) is 0 Å². The number of amides is 1. The van der Waals surface area contributed by atoms with Crippen molar-refractivity contribution in [3.05, 3.63) is 54.4 Å². The minimum Gasteiger partial charge on any atom is -0.466 e. The Morgan fingerprint density at radius 3 is 3.00 bits per heavy atom. The monoisotopic (exact) mass is 270 g/mol. The number of benzene rings is 1. The molecule has 1 aromatic heterocycles. The molecule has 0 aliphatic carbocycles. The van der Waals surface area contributed by atoms with Crippen LogP contribution in [-0.4, -0.2) is 30.5 Å². The predicted octanol–water partition coefficient (Wildman–Crippen LogP) is 1.69. The van der Waals surface area contributed by atoms with Crippen LogP contribution in [0, 0.1) is 0 Å². The maximum Gasteiger partial charge on any atom is 0.330 e. The van der Waals surface area contributed by atoms with Crippen molar-refractivity contribution in [1.29, 1.82) is 0 Å². The van der Waals surface area contributed by atoms with Gasteiger partial charge in [0.2, 0.25) is 0 Å². The van der Waals surface area contributed by atoms with Crippen LogP contribution < -0.4 is 5.32 Å². The van der Waals surface area contributed by atoms with Gasteiger partial charge in [-0.3, -0.25) is 9.78 Å². The molecule has 1 N–H and O–H groups in total. The number of hydrogen-bond donors (Lipinski definition) is 1. The summed E-state index contributed by atoms with van der Waals surface area (Å²) in [5, 5.41) is 4.47. The van der Waals surface area contributed by atoms with Gasteiger partial charge >= 0.3 is 5.97 Å². The molecule has 0 saturated heterocycles. The van der Waals surface area contributed by atoms with Crippen LogP contribution in [0.4, 0.5) is 0 Å². The summed E-state index contributed by atoms with van der Waals surface area (Å²) in [5.41, 5.74) is 0.580. The van der Waals surface area contributed by atoms with E-state index in [-0.39, 0.29) is 12.5 Å². The average molecular weight is 270 g/mol. The molecule has 0 saturated carbocycles. The van der Waals surface area contributed by atoms with Crippen molar-refractivity contribution in [3.63, 3.8) is 0 Å². The molecular formula is C15H14N2O3. The number of methoxy groups -OCH3 is 1. The molecule has 20 heavy (non-hydrogen) atoms. The molecule has 0 aliphatic rings. The number of nitrogens with one attached hydrogen (secondary N) is 1. The Bertz CT molecular complexity index is 660. The van der Waals surface area contributed by atoms with E-state index in [2.05, 4.69) is 15.0 Å². The lowest BCUT2D eigenvalue weighted by Crippen LogP contribution is -2.23. The molecular weight excluding hydrogens is 256 g/mol. The highest BCUT2D eigenvalue weighted by Gasteiger charge is 2.08. The molecule has 0 radical (unpaired) electrons. The molecule has 0 atom stereocenters. The highest BCUT2D eigenvalue weighted by atomic mass is 16.5. The first-order valence-corrected chi connectivity index (χ1v) is 6.08. The van der Waals surface area contributed by atoms with Crippen molar-refractivity contribution in [1.82, 2.24) is 10.3 Å². The molecule has 5 nitrogen and oxygen atoms in total. The average Bonchev–Trinajstić information content (AvgIpc) is 2.50. The molecule has 1 heterocycles. The third kappa shape index (κ3) is 3.20. The second kappa shape index (κ2) is 6.47. The molecule has 0 spiro atoms. The summed E-state index contributed by atoms with van der Waals surface area (Å²) in [6.07, 6.45) is 6.17. The third-order valence-electron chi connectivity index (χ3n) is 2.76. The SMILES string of the molecule is COC(=O)/C=C/CNC(=O)c1cccc2cnccc12. The lowest BCUT2D eigenvalue weighted by Gasteiger charge is -2.06. The molecule has 5 heteroatoms. The summed E-state index contributed by atoms with van der Waals surface area (Å²) in [5.74, 6) is -0.646. The van der Waals surface area contributed by atoms with Crippen molar-refractivity contribution < 1.29 is 14.3 Å². The van der Waals surface area contributed by atoms with Gasteiger partial charge in [0.15, 0.2) is 0 Å². The third-order valence-corrected chi connectivity index (χ3v) is 2.76. The molecule has 0 unspecified atom stereocenters. The predicted molar refractivity (Wildman–Crippen MR) is 75.2 cm³/mol. The van der Waals surface area contributed by atoms with E-state index in [1.807, 2.05) is 12.1 Å². The molecule has 1 aromatic carbocycles. The van der Waals surface area contributed by atoms with Crippen molar-refractivity contribution in [2.75, 3.05) is 13.7 Å². The van der Waals surface area contributed by atoms with Crippen LogP contribution >= 0.6 is 0 Å². The Kier molecular flexibility index (Phi) is 4.44. The van der Waals surface area contributed by atoms with Gasteiger partial charge in [0.1, 0.15) is 0 Å². The number of rotatable bonds is 4. The Labute approximate surface area is 116 Å². The first-order chi connectivity index (χ1) is 9.72. The first kappa shape index (κ1) is 13.7. The van der Waals surface area contributed by atoms with Crippen LogP contribution in [-0.2, 0) is 9.53 Å². The molecule has 0 fully saturated rings. The van der Waals surface area contributed by atoms with Gasteiger partial charge in [0, 0.05) is 36.0 Å². The normalized spacial score (nSPS) is 10.7. The standard InChI is InChI=1S/C15H14N2O3/c1-20-14(18)6-3-8-17-15(19)13-5-2-4-11-10-16-9-7-12(11)13/h2-7,9-10H,8H2,1H3,(H,17,19)/b6-3+. The molecule has 0 aliphatic heterocycles. The van der Waals surface area contributed by atoms with Gasteiger partial charge in [-0.1, -0.05) is 18.2 Å². The van der Waals surface area contributed by atoms with Crippen LogP contribution in [0.25, 0.3) is 10.8 Å². The fourth-order valence-corrected chi connectivity index (χ4v) is 1.79. The lowest BCUT2D eigenvalue weighted by molar-refractivity contribution is -0.134. The van der Waals surface area contributed by atoms with Gasteiger partial charge in [-0.2, -0.15) is 0 Å². The van der Waals surface area contributed by atoms with Crippen LogP contribution in [0.2, 0.25) is 0 Å². The summed E-state index contributed by atoms with van der Waals surface area (Å²) in [7, 11) is 1.30. The maximum atomic E-state index is 12.1. The molecule has 1 amide bonds. The van der Waals surface area contributed by atoms with Crippen molar-refractivity contribution >= 4 is 22.6 Å². The number of aromatic nitrogens is 1. The number of nitrogens with zero attached hydrogens (tertiary/aromatic N) is 1. The fraction of sp³-hybridized carbons (Fsp3) is 0.133. The summed E-state index contributed by atoms with van der Waals surface area (Å²) in [4.78, 5) is 27.0. The maximum absolute atomic E-state index is 12.1. The van der Waals surface area contributed by atoms with Gasteiger partial charge in [-0.15, -0.1) is 0 Å². The molecule has 102 valence electrons. The highest BCUT2D eigenvalue weighted by molar-refractivity contribution is 6.06. The van der Waals surface area contributed by atoms with Gasteiger partial charge in [-0.25, -0.2) is 4.79 Å². The number of esters is 1. The zero-order chi connectivity index (χ0) is 14.4. The minimum absolute atomic E-state index is 0.198. The number of ether oxygens (including phenoxy) is 1. The van der Waals surface area contributed by atoms with E-state index >= 15 is 0 Å². The van der Waals surface area contributed by atoms with Gasteiger partial charge < -0.3 is 10.1 Å². The van der Waals surface area contributed by atoms with Crippen LogP contribution in [0.1, 0.15) is 10.4 Å². The molecule has 2 aromatic rings. The Hall–Kier alpha value is -2.69. The number of hydrogen-bond acceptors (Lipinski definition) is 4. The fourth-order valence-electron chi connectivity index (χ4n) is 1.79. The quantitative estimate of drug-likeness (QED) is 0.678. The first-order valence-electron chi connectivity index (χ1n) is 6.08. The van der Waals surface area contributed by atoms with Gasteiger partial charge in [0.25, 0.3) is 5.91 Å². The van der Waals surface area contributed by atoms with Crippen molar-refractivity contribution in [2.45, 2.75) is 0 Å². The number of fused-ring (bicyclic) bond motifs is 1. The number of pyridine rings is 1. The van der Waals surface area contributed by atoms with Gasteiger partial charge in [-0.05, 0) is 17.5 Å². The van der Waals surface area contributed by atoms with E-state index in [0.29, 0.717) is 5.56 Å². The lowest BCUT2D eigenvalue weighted by atomic mass is 10.1. The summed E-state index contributed by atoms with van der Waals surface area (Å²) in [6.45, 7) is 0.259. The van der Waals surface area contributed by atoms with E-state index in [1.165, 1.54) is 19.3 Å². The van der Waals surface area contributed by atoms with Crippen LogP contribution in [0.15, 0.2) is 48.8 Å². The topological polar surface area (TPSA) is 68.3 Å². The zero-order valence-electron chi connectivity index (χ0n) is 11.0. The highest BCUT2D eigenvalue weighted by Crippen LogP contribution is 2.17. The van der Waals surface area contributed by atoms with Gasteiger partial charge in [0.05, 0.1) is 7.11 Å². The van der Waals surface area contributed by atoms with E-state index < -0.39 is 5.97 Å². The summed E-state index contributed by atoms with van der Waals surface area (Å²) >= 11 is 0. The second-order valence-electron chi connectivity index (χ2n) is 4.04.